The molecule has 18 heavy (non-hydrogen) atoms. The Bertz CT molecular complexity index is 350. The van der Waals surface area contributed by atoms with Gasteiger partial charge in [-0.3, -0.25) is 9.59 Å². The molecule has 0 spiro atoms. The zero-order valence-corrected chi connectivity index (χ0v) is 12.6. The Hall–Kier alpha value is -1.06. The molecular weight excluding hydrogens is 228 g/mol. The Morgan fingerprint density at radius 1 is 1.17 bits per heavy atom. The summed E-state index contributed by atoms with van der Waals surface area (Å²) in [4.78, 5) is 26.0. The van der Waals surface area contributed by atoms with Gasteiger partial charge in [0.25, 0.3) is 0 Å². The fraction of sp³-hybridized carbons (Fsp3) is 0.857. The number of hydrogen-bond donors (Lipinski definition) is 1. The van der Waals surface area contributed by atoms with E-state index in [0.29, 0.717) is 0 Å². The molecule has 4 nitrogen and oxygen atoms in total. The highest BCUT2D eigenvalue weighted by Gasteiger charge is 2.43. The van der Waals surface area contributed by atoms with Crippen molar-refractivity contribution in [2.75, 3.05) is 6.54 Å². The van der Waals surface area contributed by atoms with E-state index in [1.807, 2.05) is 27.7 Å². The van der Waals surface area contributed by atoms with Gasteiger partial charge in [0.2, 0.25) is 11.8 Å². The van der Waals surface area contributed by atoms with E-state index in [4.69, 9.17) is 0 Å². The Balaban J connectivity index is 3.00. The highest BCUT2D eigenvalue weighted by Crippen LogP contribution is 2.29. The number of nitrogens with zero attached hydrogens (tertiary/aromatic N) is 1. The Labute approximate surface area is 110 Å². The smallest absolute Gasteiger partial charge is 0.246 e. The van der Waals surface area contributed by atoms with Crippen LogP contribution < -0.4 is 5.32 Å². The molecule has 2 unspecified atom stereocenters. The fourth-order valence-electron chi connectivity index (χ4n) is 2.05. The molecule has 1 saturated heterocycles. The van der Waals surface area contributed by atoms with Crippen molar-refractivity contribution in [1.82, 2.24) is 10.2 Å². The first kappa shape index (κ1) is 15.0. The van der Waals surface area contributed by atoms with Crippen molar-refractivity contribution in [1.29, 1.82) is 0 Å². The standard InChI is InChI=1S/C14H26N2O2/c1-9(13(2,3)4)16-8-10(17)15-11(12(16)18)14(5,6)7/h9,11H,8H2,1-7H3,(H,15,17). The molecule has 0 aromatic carbocycles. The molecule has 0 radical (unpaired) electrons. The minimum Gasteiger partial charge on any atom is -0.342 e. The second-order valence-corrected chi connectivity index (χ2v) is 7.37. The first-order valence-electron chi connectivity index (χ1n) is 6.54. The molecule has 0 aliphatic carbocycles. The van der Waals surface area contributed by atoms with Gasteiger partial charge < -0.3 is 10.2 Å². The summed E-state index contributed by atoms with van der Waals surface area (Å²) in [5.41, 5.74) is -0.293. The van der Waals surface area contributed by atoms with E-state index in [2.05, 4.69) is 26.1 Å². The largest absolute Gasteiger partial charge is 0.342 e. The van der Waals surface area contributed by atoms with Crippen LogP contribution in [0.15, 0.2) is 0 Å². The summed E-state index contributed by atoms with van der Waals surface area (Å²) in [6, 6.07) is -0.385. The molecule has 0 aromatic rings. The summed E-state index contributed by atoms with van der Waals surface area (Å²) in [7, 11) is 0. The molecule has 1 heterocycles. The molecule has 2 atom stereocenters. The number of piperazine rings is 1. The van der Waals surface area contributed by atoms with Crippen LogP contribution in [0.2, 0.25) is 0 Å². The van der Waals surface area contributed by atoms with Gasteiger partial charge in [-0.15, -0.1) is 0 Å². The molecule has 0 aromatic heterocycles. The molecule has 1 rings (SSSR count). The third-order valence-electron chi connectivity index (χ3n) is 3.74. The van der Waals surface area contributed by atoms with Crippen LogP contribution in [-0.4, -0.2) is 35.3 Å². The third-order valence-corrected chi connectivity index (χ3v) is 3.74. The number of hydrogen-bond acceptors (Lipinski definition) is 2. The zero-order chi connectivity index (χ0) is 14.3. The predicted molar refractivity (Wildman–Crippen MR) is 72.0 cm³/mol. The van der Waals surface area contributed by atoms with Gasteiger partial charge in [-0.1, -0.05) is 41.5 Å². The van der Waals surface area contributed by atoms with E-state index in [9.17, 15) is 9.59 Å². The monoisotopic (exact) mass is 254 g/mol. The van der Waals surface area contributed by atoms with E-state index in [1.165, 1.54) is 0 Å². The Morgan fingerprint density at radius 2 is 1.67 bits per heavy atom. The van der Waals surface area contributed by atoms with Crippen molar-refractivity contribution in [2.45, 2.75) is 60.5 Å². The lowest BCUT2D eigenvalue weighted by Gasteiger charge is -2.45. The van der Waals surface area contributed by atoms with Crippen LogP contribution in [0.5, 0.6) is 0 Å². The van der Waals surface area contributed by atoms with Crippen LogP contribution in [-0.2, 0) is 9.59 Å². The molecule has 2 amide bonds. The van der Waals surface area contributed by atoms with E-state index in [-0.39, 0.29) is 35.2 Å². The van der Waals surface area contributed by atoms with Crippen molar-refractivity contribution in [3.05, 3.63) is 0 Å². The van der Waals surface area contributed by atoms with Crippen molar-refractivity contribution in [3.63, 3.8) is 0 Å². The maximum Gasteiger partial charge on any atom is 0.246 e. The normalized spacial score (nSPS) is 23.9. The average Bonchev–Trinajstić information content (AvgIpc) is 2.17. The lowest BCUT2D eigenvalue weighted by Crippen LogP contribution is -2.65. The van der Waals surface area contributed by atoms with Crippen molar-refractivity contribution >= 4 is 11.8 Å². The minimum atomic E-state index is -0.427. The van der Waals surface area contributed by atoms with Crippen LogP contribution >= 0.6 is 0 Å². The third kappa shape index (κ3) is 3.03. The topological polar surface area (TPSA) is 49.4 Å². The quantitative estimate of drug-likeness (QED) is 0.775. The van der Waals surface area contributed by atoms with Crippen LogP contribution in [0.25, 0.3) is 0 Å². The number of rotatable bonds is 1. The van der Waals surface area contributed by atoms with E-state index >= 15 is 0 Å². The number of carbonyl (C=O) groups excluding carboxylic acids is 2. The van der Waals surface area contributed by atoms with Gasteiger partial charge in [0, 0.05) is 6.04 Å². The zero-order valence-electron chi connectivity index (χ0n) is 12.6. The number of amides is 2. The van der Waals surface area contributed by atoms with Crippen LogP contribution in [0.3, 0.4) is 0 Å². The highest BCUT2D eigenvalue weighted by molar-refractivity contribution is 5.95. The van der Waals surface area contributed by atoms with Gasteiger partial charge in [0.05, 0.1) is 6.54 Å². The van der Waals surface area contributed by atoms with Gasteiger partial charge in [-0.2, -0.15) is 0 Å². The van der Waals surface area contributed by atoms with Crippen LogP contribution in [0, 0.1) is 10.8 Å². The van der Waals surface area contributed by atoms with E-state index in [0.717, 1.165) is 0 Å². The van der Waals surface area contributed by atoms with Crippen molar-refractivity contribution in [3.8, 4) is 0 Å². The van der Waals surface area contributed by atoms with Crippen LogP contribution in [0.4, 0.5) is 0 Å². The summed E-state index contributed by atoms with van der Waals surface area (Å²) < 4.78 is 0. The lowest BCUT2D eigenvalue weighted by molar-refractivity contribution is -0.151. The van der Waals surface area contributed by atoms with Gasteiger partial charge in [0.15, 0.2) is 0 Å². The number of nitrogens with one attached hydrogen (secondary N) is 1. The van der Waals surface area contributed by atoms with Crippen molar-refractivity contribution in [2.24, 2.45) is 10.8 Å². The van der Waals surface area contributed by atoms with Crippen LogP contribution in [0.1, 0.15) is 48.5 Å². The Morgan fingerprint density at radius 3 is 2.06 bits per heavy atom. The number of carbonyl (C=O) groups is 2. The van der Waals surface area contributed by atoms with Gasteiger partial charge in [0.1, 0.15) is 6.04 Å². The average molecular weight is 254 g/mol. The fourth-order valence-corrected chi connectivity index (χ4v) is 2.05. The summed E-state index contributed by atoms with van der Waals surface area (Å²) in [6.07, 6.45) is 0. The van der Waals surface area contributed by atoms with Gasteiger partial charge in [-0.05, 0) is 17.8 Å². The summed E-state index contributed by atoms with van der Waals surface area (Å²) >= 11 is 0. The molecule has 1 aliphatic rings. The minimum absolute atomic E-state index is 0.0320. The van der Waals surface area contributed by atoms with Gasteiger partial charge >= 0.3 is 0 Å². The summed E-state index contributed by atoms with van der Waals surface area (Å²) in [6.45, 7) is 14.4. The predicted octanol–water partition coefficient (Wildman–Crippen LogP) is 1.79. The summed E-state index contributed by atoms with van der Waals surface area (Å²) in [5, 5.41) is 2.81. The maximum atomic E-state index is 12.5. The second kappa shape index (κ2) is 4.56. The van der Waals surface area contributed by atoms with E-state index in [1.54, 1.807) is 4.90 Å². The highest BCUT2D eigenvalue weighted by atomic mass is 16.2. The first-order valence-corrected chi connectivity index (χ1v) is 6.54. The molecular formula is C14H26N2O2. The van der Waals surface area contributed by atoms with Crippen molar-refractivity contribution < 1.29 is 9.59 Å². The molecule has 104 valence electrons. The maximum absolute atomic E-state index is 12.5. The molecule has 1 aliphatic heterocycles. The second-order valence-electron chi connectivity index (χ2n) is 7.37. The van der Waals surface area contributed by atoms with E-state index < -0.39 is 6.04 Å². The molecule has 1 fully saturated rings. The molecule has 1 N–H and O–H groups in total. The molecule has 0 saturated carbocycles. The lowest BCUT2D eigenvalue weighted by atomic mass is 9.82. The summed E-state index contributed by atoms with van der Waals surface area (Å²) in [5.74, 6) is -0.0323. The molecule has 0 bridgehead atoms. The van der Waals surface area contributed by atoms with Gasteiger partial charge in [-0.25, -0.2) is 0 Å². The Kier molecular flexibility index (Phi) is 3.80. The molecule has 4 heteroatoms. The SMILES string of the molecule is CC(N1CC(=O)NC(C(C)(C)C)C1=O)C(C)(C)C. The first-order chi connectivity index (χ1) is 7.94.